The van der Waals surface area contributed by atoms with Gasteiger partial charge in [-0.25, -0.2) is 4.79 Å². The van der Waals surface area contributed by atoms with E-state index in [2.05, 4.69) is 15.6 Å². The first kappa shape index (κ1) is 14.4. The molecule has 98 valence electrons. The molecule has 18 heavy (non-hydrogen) atoms. The highest BCUT2D eigenvalue weighted by Gasteiger charge is 2.08. The molecule has 1 aromatic rings. The molecule has 0 unspecified atom stereocenters. The largest absolute Gasteiger partial charge is 0.332 e. The SMILES string of the molecule is CCc1cccnc1CNC(=O)NC(=O)CCCl. The number of aromatic nitrogens is 1. The predicted octanol–water partition coefficient (Wildman–Crippen LogP) is 1.60. The zero-order valence-electron chi connectivity index (χ0n) is 10.2. The zero-order valence-corrected chi connectivity index (χ0v) is 11.0. The van der Waals surface area contributed by atoms with Crippen LogP contribution in [0.15, 0.2) is 18.3 Å². The van der Waals surface area contributed by atoms with Crippen LogP contribution < -0.4 is 10.6 Å². The summed E-state index contributed by atoms with van der Waals surface area (Å²) >= 11 is 5.39. The van der Waals surface area contributed by atoms with E-state index in [-0.39, 0.29) is 18.2 Å². The number of nitrogens with zero attached hydrogens (tertiary/aromatic N) is 1. The molecule has 1 heterocycles. The first-order valence-corrected chi connectivity index (χ1v) is 6.27. The lowest BCUT2D eigenvalue weighted by Crippen LogP contribution is -2.39. The zero-order chi connectivity index (χ0) is 13.4. The summed E-state index contributed by atoms with van der Waals surface area (Å²) in [6.07, 6.45) is 2.64. The molecule has 0 aliphatic rings. The van der Waals surface area contributed by atoms with Gasteiger partial charge in [0.05, 0.1) is 12.2 Å². The number of pyridine rings is 1. The van der Waals surface area contributed by atoms with Gasteiger partial charge in [-0.15, -0.1) is 11.6 Å². The van der Waals surface area contributed by atoms with Crippen molar-refractivity contribution in [3.63, 3.8) is 0 Å². The Hall–Kier alpha value is -1.62. The third-order valence-corrected chi connectivity index (χ3v) is 2.55. The van der Waals surface area contributed by atoms with Crippen LogP contribution in [0.25, 0.3) is 0 Å². The highest BCUT2D eigenvalue weighted by molar-refractivity contribution is 6.19. The summed E-state index contributed by atoms with van der Waals surface area (Å²) in [4.78, 5) is 26.7. The number of aryl methyl sites for hydroxylation is 1. The first-order valence-electron chi connectivity index (χ1n) is 5.73. The van der Waals surface area contributed by atoms with Gasteiger partial charge >= 0.3 is 6.03 Å². The topological polar surface area (TPSA) is 71.1 Å². The minimum atomic E-state index is -0.530. The fourth-order valence-electron chi connectivity index (χ4n) is 1.44. The summed E-state index contributed by atoms with van der Waals surface area (Å²) < 4.78 is 0. The van der Waals surface area contributed by atoms with Crippen LogP contribution in [-0.2, 0) is 17.8 Å². The summed E-state index contributed by atoms with van der Waals surface area (Å²) in [6.45, 7) is 2.31. The Morgan fingerprint density at radius 2 is 2.22 bits per heavy atom. The molecule has 0 saturated heterocycles. The average molecular weight is 270 g/mol. The molecule has 0 aromatic carbocycles. The molecule has 2 N–H and O–H groups in total. The Labute approximate surface area is 111 Å². The van der Waals surface area contributed by atoms with Gasteiger partial charge in [0.1, 0.15) is 0 Å². The van der Waals surface area contributed by atoms with Gasteiger partial charge < -0.3 is 5.32 Å². The van der Waals surface area contributed by atoms with Crippen LogP contribution in [-0.4, -0.2) is 22.8 Å². The van der Waals surface area contributed by atoms with E-state index in [1.54, 1.807) is 6.20 Å². The number of carbonyl (C=O) groups excluding carboxylic acids is 2. The monoisotopic (exact) mass is 269 g/mol. The Kier molecular flexibility index (Phi) is 6.14. The minimum absolute atomic E-state index is 0.124. The molecule has 0 aliphatic carbocycles. The highest BCUT2D eigenvalue weighted by atomic mass is 35.5. The van der Waals surface area contributed by atoms with Crippen LogP contribution in [0.1, 0.15) is 24.6 Å². The van der Waals surface area contributed by atoms with E-state index in [1.165, 1.54) is 0 Å². The number of alkyl halides is 1. The molecule has 3 amide bonds. The Balaban J connectivity index is 2.45. The van der Waals surface area contributed by atoms with Crippen LogP contribution in [0.2, 0.25) is 0 Å². The van der Waals surface area contributed by atoms with E-state index >= 15 is 0 Å². The van der Waals surface area contributed by atoms with E-state index in [0.717, 1.165) is 17.7 Å². The van der Waals surface area contributed by atoms with Crippen LogP contribution >= 0.6 is 11.6 Å². The number of carbonyl (C=O) groups is 2. The second-order valence-corrected chi connectivity index (χ2v) is 4.01. The third-order valence-electron chi connectivity index (χ3n) is 2.36. The number of urea groups is 1. The van der Waals surface area contributed by atoms with E-state index < -0.39 is 6.03 Å². The number of nitrogens with one attached hydrogen (secondary N) is 2. The number of amides is 3. The van der Waals surface area contributed by atoms with Crippen molar-refractivity contribution in [1.82, 2.24) is 15.6 Å². The van der Waals surface area contributed by atoms with E-state index in [4.69, 9.17) is 11.6 Å². The fourth-order valence-corrected chi connectivity index (χ4v) is 1.61. The molecule has 0 fully saturated rings. The first-order chi connectivity index (χ1) is 8.67. The summed E-state index contributed by atoms with van der Waals surface area (Å²) in [5, 5.41) is 4.77. The lowest BCUT2D eigenvalue weighted by atomic mass is 10.1. The molecule has 0 aliphatic heterocycles. The maximum atomic E-state index is 11.4. The summed E-state index contributed by atoms with van der Waals surface area (Å²) in [5.74, 6) is -0.196. The third kappa shape index (κ3) is 4.71. The molecule has 1 rings (SSSR count). The van der Waals surface area contributed by atoms with Gasteiger partial charge in [-0.3, -0.25) is 15.1 Å². The van der Waals surface area contributed by atoms with Crippen molar-refractivity contribution in [3.05, 3.63) is 29.6 Å². The van der Waals surface area contributed by atoms with Gasteiger partial charge in [0.15, 0.2) is 0 Å². The Morgan fingerprint density at radius 1 is 1.44 bits per heavy atom. The summed E-state index contributed by atoms with van der Waals surface area (Å²) in [5.41, 5.74) is 1.88. The molecule has 0 radical (unpaired) electrons. The number of imide groups is 1. The Morgan fingerprint density at radius 3 is 2.89 bits per heavy atom. The second kappa shape index (κ2) is 7.66. The van der Waals surface area contributed by atoms with Crippen molar-refractivity contribution >= 4 is 23.5 Å². The number of hydrogen-bond donors (Lipinski definition) is 2. The lowest BCUT2D eigenvalue weighted by molar-refractivity contribution is -0.119. The van der Waals surface area contributed by atoms with Crippen molar-refractivity contribution in [3.8, 4) is 0 Å². The van der Waals surface area contributed by atoms with Crippen molar-refractivity contribution in [2.24, 2.45) is 0 Å². The number of halogens is 1. The van der Waals surface area contributed by atoms with Gasteiger partial charge in [-0.2, -0.15) is 0 Å². The number of rotatable bonds is 5. The molecular formula is C12H16ClN3O2. The molecule has 0 saturated carbocycles. The van der Waals surface area contributed by atoms with E-state index in [1.807, 2.05) is 19.1 Å². The van der Waals surface area contributed by atoms with Crippen molar-refractivity contribution in [2.45, 2.75) is 26.3 Å². The van der Waals surface area contributed by atoms with Crippen molar-refractivity contribution < 1.29 is 9.59 Å². The molecule has 5 nitrogen and oxygen atoms in total. The summed E-state index contributed by atoms with van der Waals surface area (Å²) in [7, 11) is 0. The molecular weight excluding hydrogens is 254 g/mol. The average Bonchev–Trinajstić information content (AvgIpc) is 2.37. The van der Waals surface area contributed by atoms with Crippen molar-refractivity contribution in [1.29, 1.82) is 0 Å². The smallest absolute Gasteiger partial charge is 0.321 e. The van der Waals surface area contributed by atoms with Crippen molar-refractivity contribution in [2.75, 3.05) is 5.88 Å². The van der Waals surface area contributed by atoms with E-state index in [9.17, 15) is 9.59 Å². The van der Waals surface area contributed by atoms with Gasteiger partial charge in [-0.1, -0.05) is 13.0 Å². The molecule has 0 atom stereocenters. The second-order valence-electron chi connectivity index (χ2n) is 3.63. The lowest BCUT2D eigenvalue weighted by Gasteiger charge is -2.08. The minimum Gasteiger partial charge on any atom is -0.332 e. The fraction of sp³-hybridized carbons (Fsp3) is 0.417. The Bertz CT molecular complexity index is 424. The highest BCUT2D eigenvalue weighted by Crippen LogP contribution is 2.05. The molecule has 6 heteroatoms. The van der Waals surface area contributed by atoms with Crippen LogP contribution in [0.3, 0.4) is 0 Å². The maximum Gasteiger partial charge on any atom is 0.321 e. The molecule has 1 aromatic heterocycles. The van der Waals surface area contributed by atoms with Gasteiger partial charge in [0.2, 0.25) is 5.91 Å². The standard InChI is InChI=1S/C12H16ClN3O2/c1-2-9-4-3-7-14-10(9)8-15-12(18)16-11(17)5-6-13/h3-4,7H,2,5-6,8H2,1H3,(H2,15,16,17,18). The quantitative estimate of drug-likeness (QED) is 0.798. The van der Waals surface area contributed by atoms with Gasteiger partial charge in [-0.05, 0) is 18.1 Å². The van der Waals surface area contributed by atoms with Crippen LogP contribution in [0.5, 0.6) is 0 Å². The van der Waals surface area contributed by atoms with Gasteiger partial charge in [0, 0.05) is 18.5 Å². The number of hydrogen-bond acceptors (Lipinski definition) is 3. The summed E-state index contributed by atoms with van der Waals surface area (Å²) in [6, 6.07) is 3.28. The predicted molar refractivity (Wildman–Crippen MR) is 69.3 cm³/mol. The van der Waals surface area contributed by atoms with Crippen LogP contribution in [0, 0.1) is 0 Å². The molecule has 0 spiro atoms. The van der Waals surface area contributed by atoms with Gasteiger partial charge in [0.25, 0.3) is 0 Å². The molecule has 0 bridgehead atoms. The normalized spacial score (nSPS) is 9.89. The van der Waals surface area contributed by atoms with E-state index in [0.29, 0.717) is 6.54 Å². The van der Waals surface area contributed by atoms with Crippen LogP contribution in [0.4, 0.5) is 4.79 Å². The maximum absolute atomic E-state index is 11.4.